The van der Waals surface area contributed by atoms with Gasteiger partial charge in [0.2, 0.25) is 11.8 Å². The van der Waals surface area contributed by atoms with Crippen molar-refractivity contribution in [2.75, 3.05) is 11.6 Å². The molecule has 0 aromatic carbocycles. The van der Waals surface area contributed by atoms with Crippen LogP contribution in [0.5, 0.6) is 0 Å². The highest BCUT2D eigenvalue weighted by Gasteiger charge is 2.17. The van der Waals surface area contributed by atoms with E-state index in [0.29, 0.717) is 5.88 Å². The van der Waals surface area contributed by atoms with Gasteiger partial charge in [-0.1, -0.05) is 0 Å². The molecule has 0 fully saturated rings. The van der Waals surface area contributed by atoms with Gasteiger partial charge in [-0.15, -0.1) is 11.8 Å². The number of rotatable bonds is 6. The number of carbonyl (C=O) groups is 3. The number of carboxylic acid groups (broad SMARTS) is 1. The largest absolute Gasteiger partial charge is 0.480 e. The Labute approximate surface area is 91.8 Å². The Morgan fingerprint density at radius 1 is 1.27 bits per heavy atom. The van der Waals surface area contributed by atoms with Crippen LogP contribution in [-0.4, -0.2) is 40.6 Å². The van der Waals surface area contributed by atoms with E-state index in [0.717, 1.165) is 0 Å². The highest BCUT2D eigenvalue weighted by Crippen LogP contribution is 2.01. The number of carbonyl (C=O) groups excluding carboxylic acids is 2. The molecule has 0 aliphatic heterocycles. The Morgan fingerprint density at radius 2 is 1.87 bits per heavy atom. The molecule has 0 aromatic rings. The van der Waals surface area contributed by atoms with Crippen LogP contribution in [0, 0.1) is 0 Å². The fourth-order valence-corrected chi connectivity index (χ4v) is 1.63. The molecule has 86 valence electrons. The molecule has 0 rings (SSSR count). The predicted octanol–water partition coefficient (Wildman–Crippen LogP) is -0.598. The molecular weight excluding hydrogens is 220 g/mol. The van der Waals surface area contributed by atoms with Crippen LogP contribution in [-0.2, 0) is 14.4 Å². The van der Waals surface area contributed by atoms with Gasteiger partial charge in [0.1, 0.15) is 6.04 Å². The number of carboxylic acids is 1. The van der Waals surface area contributed by atoms with Gasteiger partial charge in [0.25, 0.3) is 0 Å². The zero-order chi connectivity index (χ0) is 11.8. The first-order valence-electron chi connectivity index (χ1n) is 4.25. The zero-order valence-corrected chi connectivity index (χ0v) is 9.39. The van der Waals surface area contributed by atoms with E-state index in [1.165, 1.54) is 25.6 Å². The Bertz CT molecular complexity index is 257. The predicted molar refractivity (Wildman–Crippen MR) is 56.4 cm³/mol. The molecule has 0 bridgehead atoms. The van der Waals surface area contributed by atoms with Gasteiger partial charge in [0.15, 0.2) is 0 Å². The van der Waals surface area contributed by atoms with Gasteiger partial charge in [0.05, 0.1) is 5.88 Å². The fraction of sp³-hybridized carbons (Fsp3) is 0.625. The maximum absolute atomic E-state index is 10.6. The second kappa shape index (κ2) is 7.10. The second-order valence-corrected chi connectivity index (χ2v) is 3.87. The van der Waals surface area contributed by atoms with Crippen molar-refractivity contribution in [3.63, 3.8) is 0 Å². The van der Waals surface area contributed by atoms with Crippen LogP contribution in [0.2, 0.25) is 0 Å². The quantitative estimate of drug-likeness (QED) is 0.421. The summed E-state index contributed by atoms with van der Waals surface area (Å²) in [5.74, 6) is -1.09. The summed E-state index contributed by atoms with van der Waals surface area (Å²) < 4.78 is 0. The molecule has 0 heterocycles. The smallest absolute Gasteiger partial charge is 0.327 e. The van der Waals surface area contributed by atoms with Gasteiger partial charge >= 0.3 is 5.97 Å². The van der Waals surface area contributed by atoms with E-state index in [1.54, 1.807) is 0 Å². The van der Waals surface area contributed by atoms with Gasteiger partial charge < -0.3 is 15.7 Å². The molecule has 7 heteroatoms. The van der Waals surface area contributed by atoms with Crippen LogP contribution in [0.3, 0.4) is 0 Å². The first-order valence-corrected chi connectivity index (χ1v) is 5.41. The lowest BCUT2D eigenvalue weighted by atomic mass is 10.3. The lowest BCUT2D eigenvalue weighted by Crippen LogP contribution is -2.41. The molecule has 2 amide bonds. The maximum Gasteiger partial charge on any atom is 0.327 e. The minimum absolute atomic E-state index is 0.172. The summed E-state index contributed by atoms with van der Waals surface area (Å²) >= 11 is 1.23. The SMILES string of the molecule is CC(=O)NCSCC(NC(C)=O)C(=O)O. The summed E-state index contributed by atoms with van der Waals surface area (Å²) in [6.07, 6.45) is 0. The van der Waals surface area contributed by atoms with E-state index >= 15 is 0 Å². The summed E-state index contributed by atoms with van der Waals surface area (Å²) in [5.41, 5.74) is 0. The minimum atomic E-state index is -1.08. The maximum atomic E-state index is 10.6. The summed E-state index contributed by atoms with van der Waals surface area (Å²) in [4.78, 5) is 31.8. The van der Waals surface area contributed by atoms with Crippen molar-refractivity contribution < 1.29 is 19.5 Å². The van der Waals surface area contributed by atoms with Gasteiger partial charge in [-0.05, 0) is 0 Å². The normalized spacial score (nSPS) is 11.6. The third kappa shape index (κ3) is 7.80. The summed E-state index contributed by atoms with van der Waals surface area (Å²) in [5, 5.41) is 13.5. The molecule has 15 heavy (non-hydrogen) atoms. The van der Waals surface area contributed by atoms with Crippen molar-refractivity contribution in [2.45, 2.75) is 19.9 Å². The van der Waals surface area contributed by atoms with Gasteiger partial charge in [-0.25, -0.2) is 4.79 Å². The number of thioether (sulfide) groups is 1. The van der Waals surface area contributed by atoms with E-state index in [2.05, 4.69) is 10.6 Å². The van der Waals surface area contributed by atoms with Crippen LogP contribution in [0.15, 0.2) is 0 Å². The van der Waals surface area contributed by atoms with Crippen molar-refractivity contribution in [1.82, 2.24) is 10.6 Å². The Kier molecular flexibility index (Phi) is 6.52. The molecule has 0 aliphatic rings. The topological polar surface area (TPSA) is 95.5 Å². The highest BCUT2D eigenvalue weighted by molar-refractivity contribution is 7.99. The van der Waals surface area contributed by atoms with Crippen molar-refractivity contribution in [2.24, 2.45) is 0 Å². The van der Waals surface area contributed by atoms with E-state index in [4.69, 9.17) is 5.11 Å². The average molecular weight is 234 g/mol. The Hall–Kier alpha value is -1.24. The average Bonchev–Trinajstić information content (AvgIpc) is 2.08. The van der Waals surface area contributed by atoms with Crippen LogP contribution in [0.4, 0.5) is 0 Å². The standard InChI is InChI=1S/C8H14N2O4S/c1-5(11)9-4-15-3-7(8(13)14)10-6(2)12/h7H,3-4H2,1-2H3,(H,9,11)(H,10,12)(H,13,14). The summed E-state index contributed by atoms with van der Waals surface area (Å²) in [6, 6.07) is -0.916. The molecule has 0 aromatic heterocycles. The van der Waals surface area contributed by atoms with E-state index in [9.17, 15) is 14.4 Å². The van der Waals surface area contributed by atoms with E-state index in [1.807, 2.05) is 0 Å². The molecule has 6 nitrogen and oxygen atoms in total. The van der Waals surface area contributed by atoms with E-state index < -0.39 is 12.0 Å². The van der Waals surface area contributed by atoms with Gasteiger partial charge in [-0.2, -0.15) is 0 Å². The first-order chi connectivity index (χ1) is 6.93. The molecule has 1 unspecified atom stereocenters. The van der Waals surface area contributed by atoms with E-state index in [-0.39, 0.29) is 17.6 Å². The van der Waals surface area contributed by atoms with Gasteiger partial charge in [-0.3, -0.25) is 9.59 Å². The number of aliphatic carboxylic acids is 1. The number of hydrogen-bond acceptors (Lipinski definition) is 4. The Morgan fingerprint density at radius 3 is 2.27 bits per heavy atom. The van der Waals surface area contributed by atoms with Crippen molar-refractivity contribution in [3.05, 3.63) is 0 Å². The number of hydrogen-bond donors (Lipinski definition) is 3. The molecule has 0 spiro atoms. The summed E-state index contributed by atoms with van der Waals surface area (Å²) in [6.45, 7) is 2.64. The second-order valence-electron chi connectivity index (χ2n) is 2.84. The molecule has 0 radical (unpaired) electrons. The van der Waals surface area contributed by atoms with Crippen molar-refractivity contribution >= 4 is 29.5 Å². The highest BCUT2D eigenvalue weighted by atomic mass is 32.2. The first kappa shape index (κ1) is 13.8. The van der Waals surface area contributed by atoms with Crippen molar-refractivity contribution in [1.29, 1.82) is 0 Å². The number of amides is 2. The third-order valence-corrected chi connectivity index (χ3v) is 2.30. The van der Waals surface area contributed by atoms with Crippen LogP contribution < -0.4 is 10.6 Å². The fourth-order valence-electron chi connectivity index (χ4n) is 0.749. The number of nitrogens with one attached hydrogen (secondary N) is 2. The molecule has 0 aliphatic carbocycles. The molecule has 0 saturated carbocycles. The minimum Gasteiger partial charge on any atom is -0.480 e. The zero-order valence-electron chi connectivity index (χ0n) is 8.57. The molecular formula is C8H14N2O4S. The van der Waals surface area contributed by atoms with Crippen molar-refractivity contribution in [3.8, 4) is 0 Å². The molecule has 0 saturated heterocycles. The third-order valence-electron chi connectivity index (χ3n) is 1.38. The lowest BCUT2D eigenvalue weighted by Gasteiger charge is -2.12. The lowest BCUT2D eigenvalue weighted by molar-refractivity contribution is -0.140. The van der Waals surface area contributed by atoms with Crippen LogP contribution in [0.1, 0.15) is 13.8 Å². The monoisotopic (exact) mass is 234 g/mol. The van der Waals surface area contributed by atoms with Crippen LogP contribution in [0.25, 0.3) is 0 Å². The van der Waals surface area contributed by atoms with Gasteiger partial charge in [0, 0.05) is 19.6 Å². The van der Waals surface area contributed by atoms with Crippen LogP contribution >= 0.6 is 11.8 Å². The molecule has 3 N–H and O–H groups in total. The Balaban J connectivity index is 3.81. The molecule has 1 atom stereocenters. The summed E-state index contributed by atoms with van der Waals surface area (Å²) in [7, 11) is 0.